The molecule has 0 fully saturated rings. The lowest BCUT2D eigenvalue weighted by molar-refractivity contribution is 0.0701. The minimum Gasteiger partial charge on any atom is -0.488 e. The van der Waals surface area contributed by atoms with Crippen molar-refractivity contribution in [3.8, 4) is 16.3 Å². The smallest absolute Gasteiger partial charge is 0.347 e. The molecule has 0 atom stereocenters. The van der Waals surface area contributed by atoms with E-state index in [0.29, 0.717) is 32.1 Å². The van der Waals surface area contributed by atoms with Gasteiger partial charge in [0, 0.05) is 15.6 Å². The highest BCUT2D eigenvalue weighted by atomic mass is 35.5. The molecular weight excluding hydrogens is 381 g/mol. The van der Waals surface area contributed by atoms with Crippen molar-refractivity contribution in [1.29, 1.82) is 0 Å². The summed E-state index contributed by atoms with van der Waals surface area (Å²) in [6.07, 6.45) is 0. The number of aromatic nitrogens is 1. The lowest BCUT2D eigenvalue weighted by Crippen LogP contribution is -1.97. The van der Waals surface area contributed by atoms with Crippen LogP contribution in [0.25, 0.3) is 10.6 Å². The summed E-state index contributed by atoms with van der Waals surface area (Å²) in [5, 5.41) is 10.9. The zero-order valence-corrected chi connectivity index (χ0v) is 15.5. The maximum atomic E-state index is 11.3. The van der Waals surface area contributed by atoms with E-state index < -0.39 is 5.97 Å². The molecule has 0 spiro atoms. The van der Waals surface area contributed by atoms with Gasteiger partial charge < -0.3 is 9.84 Å². The van der Waals surface area contributed by atoms with Gasteiger partial charge in [0.1, 0.15) is 22.2 Å². The first-order valence-corrected chi connectivity index (χ1v) is 8.90. The van der Waals surface area contributed by atoms with Crippen LogP contribution in [-0.2, 0) is 6.61 Å². The summed E-state index contributed by atoms with van der Waals surface area (Å²) in [6.45, 7) is 1.95. The largest absolute Gasteiger partial charge is 0.488 e. The van der Waals surface area contributed by atoms with Crippen LogP contribution in [0.3, 0.4) is 0 Å². The maximum absolute atomic E-state index is 11.3. The number of hydrogen-bond donors (Lipinski definition) is 1. The molecule has 0 aliphatic carbocycles. The Balaban J connectivity index is 1.95. The second kappa shape index (κ2) is 7.44. The molecule has 0 amide bonds. The normalized spacial score (nSPS) is 10.7. The van der Waals surface area contributed by atoms with Gasteiger partial charge >= 0.3 is 5.97 Å². The molecule has 3 aromatic rings. The summed E-state index contributed by atoms with van der Waals surface area (Å²) in [6, 6.07) is 12.6. The average Bonchev–Trinajstić information content (AvgIpc) is 2.97. The van der Waals surface area contributed by atoms with Gasteiger partial charge in [0.15, 0.2) is 0 Å². The summed E-state index contributed by atoms with van der Waals surface area (Å²) < 4.78 is 5.90. The fourth-order valence-electron chi connectivity index (χ4n) is 2.28. The number of halogens is 2. The van der Waals surface area contributed by atoms with Crippen molar-refractivity contribution in [2.24, 2.45) is 0 Å². The van der Waals surface area contributed by atoms with E-state index in [1.54, 1.807) is 31.2 Å². The van der Waals surface area contributed by atoms with Crippen LogP contribution >= 0.6 is 34.5 Å². The van der Waals surface area contributed by atoms with E-state index in [-0.39, 0.29) is 11.5 Å². The maximum Gasteiger partial charge on any atom is 0.347 e. The Kier molecular flexibility index (Phi) is 5.27. The lowest BCUT2D eigenvalue weighted by atomic mass is 10.2. The van der Waals surface area contributed by atoms with E-state index >= 15 is 0 Å². The van der Waals surface area contributed by atoms with Crippen molar-refractivity contribution in [3.63, 3.8) is 0 Å². The van der Waals surface area contributed by atoms with Crippen molar-refractivity contribution in [2.75, 3.05) is 0 Å². The van der Waals surface area contributed by atoms with Crippen molar-refractivity contribution in [3.05, 3.63) is 68.6 Å². The molecule has 4 nitrogen and oxygen atoms in total. The van der Waals surface area contributed by atoms with Crippen LogP contribution in [0.4, 0.5) is 0 Å². The number of nitrogens with zero attached hydrogens (tertiary/aromatic N) is 1. The van der Waals surface area contributed by atoms with Crippen molar-refractivity contribution >= 4 is 40.5 Å². The summed E-state index contributed by atoms with van der Waals surface area (Å²) in [5.74, 6) is -0.433. The molecule has 0 aliphatic rings. The fourth-order valence-corrected chi connectivity index (χ4v) is 3.56. The molecule has 0 bridgehead atoms. The van der Waals surface area contributed by atoms with E-state index in [1.165, 1.54) is 0 Å². The van der Waals surface area contributed by atoms with Crippen LogP contribution in [0.1, 0.15) is 20.9 Å². The predicted octanol–water partition coefficient (Wildman–Crippen LogP) is 5.70. The van der Waals surface area contributed by atoms with Gasteiger partial charge in [-0.15, -0.1) is 11.3 Å². The van der Waals surface area contributed by atoms with Crippen LogP contribution in [0.2, 0.25) is 10.0 Å². The third kappa shape index (κ3) is 3.95. The number of aromatic carboxylic acids is 1. The number of aryl methyl sites for hydroxylation is 1. The number of carboxylic acids is 1. The highest BCUT2D eigenvalue weighted by Crippen LogP contribution is 2.37. The number of carbonyl (C=O) groups is 1. The van der Waals surface area contributed by atoms with Crippen LogP contribution in [0, 0.1) is 6.92 Å². The van der Waals surface area contributed by atoms with Gasteiger partial charge in [0.25, 0.3) is 0 Å². The monoisotopic (exact) mass is 393 g/mol. The Morgan fingerprint density at radius 3 is 2.68 bits per heavy atom. The number of hydrogen-bond acceptors (Lipinski definition) is 4. The van der Waals surface area contributed by atoms with Gasteiger partial charge in [-0.1, -0.05) is 41.4 Å². The molecule has 1 N–H and O–H groups in total. The summed E-state index contributed by atoms with van der Waals surface area (Å²) >= 11 is 13.3. The second-order valence-electron chi connectivity index (χ2n) is 5.26. The number of rotatable bonds is 5. The van der Waals surface area contributed by atoms with Gasteiger partial charge in [0.2, 0.25) is 0 Å². The Labute approximate surface area is 158 Å². The molecule has 3 rings (SSSR count). The van der Waals surface area contributed by atoms with Gasteiger partial charge in [0.05, 0.1) is 11.3 Å². The molecule has 1 heterocycles. The van der Waals surface area contributed by atoms with Gasteiger partial charge in [-0.25, -0.2) is 9.78 Å². The minimum atomic E-state index is -0.998. The number of ether oxygens (including phenoxy) is 1. The van der Waals surface area contributed by atoms with E-state index in [2.05, 4.69) is 4.98 Å². The Morgan fingerprint density at radius 1 is 1.24 bits per heavy atom. The molecule has 7 heteroatoms. The average molecular weight is 394 g/mol. The van der Waals surface area contributed by atoms with Crippen LogP contribution in [0.15, 0.2) is 42.5 Å². The molecule has 1 aromatic heterocycles. The molecule has 128 valence electrons. The number of carboxylic acid groups (broad SMARTS) is 1. The molecule has 0 unspecified atom stereocenters. The van der Waals surface area contributed by atoms with Crippen LogP contribution < -0.4 is 4.74 Å². The first-order valence-electron chi connectivity index (χ1n) is 7.32. The third-order valence-electron chi connectivity index (χ3n) is 3.50. The number of thiazole rings is 1. The zero-order chi connectivity index (χ0) is 18.0. The Bertz CT molecular complexity index is 940. The van der Waals surface area contributed by atoms with Crippen molar-refractivity contribution in [2.45, 2.75) is 13.5 Å². The molecule has 0 saturated heterocycles. The second-order valence-corrected chi connectivity index (χ2v) is 7.10. The van der Waals surface area contributed by atoms with E-state index in [0.717, 1.165) is 16.9 Å². The molecule has 0 aliphatic heterocycles. The lowest BCUT2D eigenvalue weighted by Gasteiger charge is -2.11. The van der Waals surface area contributed by atoms with Gasteiger partial charge in [-0.2, -0.15) is 0 Å². The first-order chi connectivity index (χ1) is 12.0. The summed E-state index contributed by atoms with van der Waals surface area (Å²) in [5.41, 5.74) is 1.97. The zero-order valence-electron chi connectivity index (χ0n) is 13.1. The fraction of sp³-hybridized carbons (Fsp3) is 0.111. The van der Waals surface area contributed by atoms with E-state index in [1.807, 2.05) is 18.2 Å². The topological polar surface area (TPSA) is 59.4 Å². The Hall–Kier alpha value is -2.08. The van der Waals surface area contributed by atoms with Crippen LogP contribution in [-0.4, -0.2) is 16.1 Å². The first kappa shape index (κ1) is 17.7. The minimum absolute atomic E-state index is 0.201. The van der Waals surface area contributed by atoms with E-state index in [9.17, 15) is 9.90 Å². The SMILES string of the molecule is Cc1nc(-c2cc(Cl)ccc2OCc2ccccc2Cl)sc1C(=O)O. The number of benzene rings is 2. The molecule has 25 heavy (non-hydrogen) atoms. The highest BCUT2D eigenvalue weighted by molar-refractivity contribution is 7.17. The van der Waals surface area contributed by atoms with E-state index in [4.69, 9.17) is 27.9 Å². The third-order valence-corrected chi connectivity index (χ3v) is 5.29. The standard InChI is InChI=1S/C18H13Cl2NO3S/c1-10-16(18(22)23)25-17(21-10)13-8-12(19)6-7-15(13)24-9-11-4-2-3-5-14(11)20/h2-8H,9H2,1H3,(H,22,23). The quantitative estimate of drug-likeness (QED) is 0.603. The van der Waals surface area contributed by atoms with Crippen molar-refractivity contribution < 1.29 is 14.6 Å². The van der Waals surface area contributed by atoms with Crippen LogP contribution in [0.5, 0.6) is 5.75 Å². The summed E-state index contributed by atoms with van der Waals surface area (Å²) in [7, 11) is 0. The van der Waals surface area contributed by atoms with Gasteiger partial charge in [-0.3, -0.25) is 0 Å². The highest BCUT2D eigenvalue weighted by Gasteiger charge is 2.18. The molecule has 2 aromatic carbocycles. The molecule has 0 radical (unpaired) electrons. The van der Waals surface area contributed by atoms with Gasteiger partial charge in [-0.05, 0) is 31.2 Å². The predicted molar refractivity (Wildman–Crippen MR) is 100 cm³/mol. The molecule has 0 saturated carbocycles. The van der Waals surface area contributed by atoms with Crippen molar-refractivity contribution in [1.82, 2.24) is 4.98 Å². The molecular formula is C18H13Cl2NO3S. The Morgan fingerprint density at radius 2 is 2.00 bits per heavy atom. The summed E-state index contributed by atoms with van der Waals surface area (Å²) in [4.78, 5) is 15.8.